The number of amides is 1. The van der Waals surface area contributed by atoms with E-state index in [-0.39, 0.29) is 12.3 Å². The molecule has 0 radical (unpaired) electrons. The number of hydrogen-bond acceptors (Lipinski definition) is 3. The molecule has 1 saturated carbocycles. The van der Waals surface area contributed by atoms with Gasteiger partial charge in [-0.25, -0.2) is 0 Å². The number of carboxylic acid groups (broad SMARTS) is 1. The number of carboxylic acids is 1. The maximum Gasteiger partial charge on any atom is 0.305 e. The van der Waals surface area contributed by atoms with Gasteiger partial charge in [0.05, 0.1) is 12.0 Å². The Hall–Kier alpha value is -1.85. The van der Waals surface area contributed by atoms with Gasteiger partial charge in [0.2, 0.25) is 0 Å². The van der Waals surface area contributed by atoms with Gasteiger partial charge >= 0.3 is 5.97 Å². The topological polar surface area (TPSA) is 95.1 Å². The van der Waals surface area contributed by atoms with Crippen molar-refractivity contribution in [2.75, 3.05) is 0 Å². The summed E-state index contributed by atoms with van der Waals surface area (Å²) >= 11 is 0. The number of nitrogens with one attached hydrogen (secondary N) is 2. The quantitative estimate of drug-likeness (QED) is 0.752. The minimum atomic E-state index is -0.873. The van der Waals surface area contributed by atoms with Gasteiger partial charge in [-0.1, -0.05) is 19.3 Å². The van der Waals surface area contributed by atoms with E-state index >= 15 is 0 Å². The lowest BCUT2D eigenvalue weighted by Crippen LogP contribution is -2.51. The second-order valence-corrected chi connectivity index (χ2v) is 4.84. The third-order valence-electron chi connectivity index (χ3n) is 3.42. The van der Waals surface area contributed by atoms with E-state index in [1.807, 2.05) is 0 Å². The van der Waals surface area contributed by atoms with Crippen molar-refractivity contribution in [3.63, 3.8) is 0 Å². The van der Waals surface area contributed by atoms with Gasteiger partial charge in [0, 0.05) is 6.20 Å². The van der Waals surface area contributed by atoms with Crippen LogP contribution < -0.4 is 5.32 Å². The number of aromatic nitrogens is 2. The van der Waals surface area contributed by atoms with Crippen LogP contribution in [0.2, 0.25) is 0 Å². The van der Waals surface area contributed by atoms with Crippen molar-refractivity contribution < 1.29 is 14.7 Å². The Labute approximate surface area is 105 Å². The lowest BCUT2D eigenvalue weighted by atomic mass is 9.79. The van der Waals surface area contributed by atoms with E-state index < -0.39 is 11.5 Å². The molecule has 1 fully saturated rings. The van der Waals surface area contributed by atoms with E-state index in [1.165, 1.54) is 6.20 Å². The Balaban J connectivity index is 2.09. The van der Waals surface area contributed by atoms with Crippen LogP contribution in [0, 0.1) is 0 Å². The van der Waals surface area contributed by atoms with Crippen molar-refractivity contribution in [3.8, 4) is 0 Å². The van der Waals surface area contributed by atoms with Crippen LogP contribution in [0.3, 0.4) is 0 Å². The average molecular weight is 251 g/mol. The maximum absolute atomic E-state index is 12.0. The molecule has 1 heterocycles. The summed E-state index contributed by atoms with van der Waals surface area (Å²) in [5, 5.41) is 18.2. The number of carbonyl (C=O) groups is 2. The SMILES string of the molecule is O=C(O)CC1(NC(=O)c2ccn[nH]2)CCCCC1. The molecule has 0 bridgehead atoms. The summed E-state index contributed by atoms with van der Waals surface area (Å²) in [5.41, 5.74) is -0.239. The maximum atomic E-state index is 12.0. The molecule has 3 N–H and O–H groups in total. The Kier molecular flexibility index (Phi) is 3.64. The van der Waals surface area contributed by atoms with Crippen LogP contribution in [0.1, 0.15) is 49.0 Å². The average Bonchev–Trinajstić information content (AvgIpc) is 2.82. The highest BCUT2D eigenvalue weighted by Gasteiger charge is 2.36. The van der Waals surface area contributed by atoms with Gasteiger partial charge in [0.25, 0.3) is 5.91 Å². The molecule has 0 saturated heterocycles. The molecule has 1 aromatic rings. The molecular formula is C12H17N3O3. The number of aliphatic carboxylic acids is 1. The van der Waals surface area contributed by atoms with E-state index in [4.69, 9.17) is 5.11 Å². The lowest BCUT2D eigenvalue weighted by molar-refractivity contribution is -0.139. The van der Waals surface area contributed by atoms with Crippen molar-refractivity contribution >= 4 is 11.9 Å². The van der Waals surface area contributed by atoms with Crippen LogP contribution in [0.25, 0.3) is 0 Å². The fourth-order valence-electron chi connectivity index (χ4n) is 2.55. The molecule has 0 atom stereocenters. The van der Waals surface area contributed by atoms with Crippen molar-refractivity contribution in [3.05, 3.63) is 18.0 Å². The standard InChI is InChI=1S/C12H17N3O3/c16-10(17)8-12(5-2-1-3-6-12)14-11(18)9-4-7-13-15-9/h4,7H,1-3,5-6,8H2,(H,13,15)(H,14,18)(H,16,17). The zero-order valence-corrected chi connectivity index (χ0v) is 10.1. The Morgan fingerprint density at radius 1 is 1.39 bits per heavy atom. The number of H-pyrrole nitrogens is 1. The van der Waals surface area contributed by atoms with E-state index in [0.717, 1.165) is 32.1 Å². The van der Waals surface area contributed by atoms with Crippen LogP contribution >= 0.6 is 0 Å². The monoisotopic (exact) mass is 251 g/mol. The summed E-state index contributed by atoms with van der Waals surface area (Å²) < 4.78 is 0. The summed E-state index contributed by atoms with van der Waals surface area (Å²) in [6.07, 6.45) is 5.93. The van der Waals surface area contributed by atoms with Crippen molar-refractivity contribution in [2.45, 2.75) is 44.1 Å². The highest BCUT2D eigenvalue weighted by atomic mass is 16.4. The van der Waals surface area contributed by atoms with E-state index in [1.54, 1.807) is 6.07 Å². The Bertz CT molecular complexity index is 422. The Morgan fingerprint density at radius 3 is 2.67 bits per heavy atom. The molecule has 98 valence electrons. The van der Waals surface area contributed by atoms with Gasteiger partial charge in [-0.15, -0.1) is 0 Å². The molecule has 6 nitrogen and oxygen atoms in total. The number of hydrogen-bond donors (Lipinski definition) is 3. The van der Waals surface area contributed by atoms with Gasteiger partial charge in [0.15, 0.2) is 0 Å². The van der Waals surface area contributed by atoms with Crippen LogP contribution in [0.5, 0.6) is 0 Å². The summed E-state index contributed by atoms with van der Waals surface area (Å²) in [7, 11) is 0. The summed E-state index contributed by atoms with van der Waals surface area (Å²) in [6.45, 7) is 0. The molecule has 18 heavy (non-hydrogen) atoms. The van der Waals surface area contributed by atoms with Crippen LogP contribution in [0.15, 0.2) is 12.3 Å². The molecule has 0 unspecified atom stereocenters. The fourth-order valence-corrected chi connectivity index (χ4v) is 2.55. The van der Waals surface area contributed by atoms with E-state index in [0.29, 0.717) is 5.69 Å². The van der Waals surface area contributed by atoms with Gasteiger partial charge in [-0.3, -0.25) is 14.7 Å². The second kappa shape index (κ2) is 5.20. The second-order valence-electron chi connectivity index (χ2n) is 4.84. The van der Waals surface area contributed by atoms with Crippen LogP contribution in [-0.2, 0) is 4.79 Å². The first-order valence-corrected chi connectivity index (χ1v) is 6.15. The van der Waals surface area contributed by atoms with Gasteiger partial charge in [-0.2, -0.15) is 5.10 Å². The largest absolute Gasteiger partial charge is 0.481 e. The molecule has 1 aromatic heterocycles. The molecule has 0 aromatic carbocycles. The van der Waals surface area contributed by atoms with E-state index in [9.17, 15) is 9.59 Å². The van der Waals surface area contributed by atoms with Gasteiger partial charge < -0.3 is 10.4 Å². The third kappa shape index (κ3) is 2.88. The molecule has 0 spiro atoms. The highest BCUT2D eigenvalue weighted by molar-refractivity contribution is 5.93. The van der Waals surface area contributed by atoms with Crippen LogP contribution in [-0.4, -0.2) is 32.7 Å². The lowest BCUT2D eigenvalue weighted by Gasteiger charge is -2.36. The normalized spacial score (nSPS) is 18.2. The summed E-state index contributed by atoms with van der Waals surface area (Å²) in [4.78, 5) is 23.0. The molecule has 1 aliphatic carbocycles. The van der Waals surface area contributed by atoms with E-state index in [2.05, 4.69) is 15.5 Å². The first-order chi connectivity index (χ1) is 8.61. The number of carbonyl (C=O) groups excluding carboxylic acids is 1. The number of aromatic amines is 1. The predicted octanol–water partition coefficient (Wildman–Crippen LogP) is 1.32. The zero-order chi connectivity index (χ0) is 13.0. The molecule has 1 amide bonds. The number of nitrogens with zero attached hydrogens (tertiary/aromatic N) is 1. The van der Waals surface area contributed by atoms with Crippen molar-refractivity contribution in [2.24, 2.45) is 0 Å². The minimum absolute atomic E-state index is 0.0210. The first kappa shape index (κ1) is 12.6. The van der Waals surface area contributed by atoms with Crippen molar-refractivity contribution in [1.29, 1.82) is 0 Å². The third-order valence-corrected chi connectivity index (χ3v) is 3.42. The van der Waals surface area contributed by atoms with Crippen LogP contribution in [0.4, 0.5) is 0 Å². The van der Waals surface area contributed by atoms with Gasteiger partial charge in [0.1, 0.15) is 5.69 Å². The molecule has 0 aliphatic heterocycles. The molecule has 6 heteroatoms. The first-order valence-electron chi connectivity index (χ1n) is 6.15. The zero-order valence-electron chi connectivity index (χ0n) is 10.1. The minimum Gasteiger partial charge on any atom is -0.481 e. The smallest absolute Gasteiger partial charge is 0.305 e. The summed E-state index contributed by atoms with van der Waals surface area (Å²) in [5.74, 6) is -1.16. The Morgan fingerprint density at radius 2 is 2.11 bits per heavy atom. The predicted molar refractivity (Wildman–Crippen MR) is 64.1 cm³/mol. The van der Waals surface area contributed by atoms with Gasteiger partial charge in [-0.05, 0) is 18.9 Å². The molecular weight excluding hydrogens is 234 g/mol. The number of rotatable bonds is 4. The van der Waals surface area contributed by atoms with Crippen molar-refractivity contribution in [1.82, 2.24) is 15.5 Å². The fraction of sp³-hybridized carbons (Fsp3) is 0.583. The summed E-state index contributed by atoms with van der Waals surface area (Å²) in [6, 6.07) is 1.58. The molecule has 1 aliphatic rings. The molecule has 2 rings (SSSR count). The highest BCUT2D eigenvalue weighted by Crippen LogP contribution is 2.31.